The molecule has 0 unspecified atom stereocenters. The lowest BCUT2D eigenvalue weighted by molar-refractivity contribution is -0.121. The molecule has 3 N–H and O–H groups in total. The highest BCUT2D eigenvalue weighted by molar-refractivity contribution is 5.86. The second-order valence-corrected chi connectivity index (χ2v) is 6.21. The number of likely N-dealkylation sites (tertiary alicyclic amines) is 2. The molecule has 1 aromatic rings. The Balaban J connectivity index is 1.62. The molecule has 0 bridgehead atoms. The summed E-state index contributed by atoms with van der Waals surface area (Å²) >= 11 is 0. The van der Waals surface area contributed by atoms with Crippen molar-refractivity contribution in [2.75, 3.05) is 26.2 Å². The Labute approximate surface area is 135 Å². The van der Waals surface area contributed by atoms with Crippen LogP contribution >= 0.6 is 0 Å². The molecule has 2 atom stereocenters. The van der Waals surface area contributed by atoms with E-state index < -0.39 is 11.9 Å². The second kappa shape index (κ2) is 7.04. The van der Waals surface area contributed by atoms with Crippen LogP contribution in [0.15, 0.2) is 22.8 Å². The molecule has 2 aliphatic heterocycles. The Morgan fingerprint density at radius 1 is 1.30 bits per heavy atom. The minimum Gasteiger partial charge on any atom is -0.468 e. The number of furan rings is 1. The van der Waals surface area contributed by atoms with E-state index in [4.69, 9.17) is 10.2 Å². The van der Waals surface area contributed by atoms with E-state index in [-0.39, 0.29) is 12.1 Å². The summed E-state index contributed by atoms with van der Waals surface area (Å²) in [6.07, 6.45) is 5.46. The van der Waals surface area contributed by atoms with E-state index in [0.29, 0.717) is 19.5 Å². The molecule has 3 rings (SSSR count). The molecule has 1 aromatic heterocycles. The van der Waals surface area contributed by atoms with Crippen molar-refractivity contribution in [3.63, 3.8) is 0 Å². The average Bonchev–Trinajstić information content (AvgIpc) is 3.29. The van der Waals surface area contributed by atoms with Crippen LogP contribution in [0.1, 0.15) is 37.5 Å². The van der Waals surface area contributed by atoms with E-state index in [0.717, 1.165) is 25.3 Å². The predicted octanol–water partition coefficient (Wildman–Crippen LogP) is 1.08. The van der Waals surface area contributed by atoms with E-state index in [1.165, 1.54) is 12.8 Å². The molecule has 2 saturated heterocycles. The third-order valence-corrected chi connectivity index (χ3v) is 4.74. The van der Waals surface area contributed by atoms with Gasteiger partial charge in [-0.15, -0.1) is 0 Å². The molecule has 0 radical (unpaired) electrons. The maximum Gasteiger partial charge on any atom is 0.318 e. The lowest BCUT2D eigenvalue weighted by atomic mass is 10.2. The summed E-state index contributed by atoms with van der Waals surface area (Å²) < 4.78 is 5.54. The van der Waals surface area contributed by atoms with Gasteiger partial charge < -0.3 is 20.4 Å². The van der Waals surface area contributed by atoms with Crippen LogP contribution in [0, 0.1) is 0 Å². The number of hydrogen-bond donors (Lipinski definition) is 2. The molecule has 0 spiro atoms. The SMILES string of the molecule is NC(=O)[C@@H]1CCCN1C(=O)NC[C@H](c1ccco1)N1CCCC1. The molecular formula is C16H24N4O3. The van der Waals surface area contributed by atoms with Gasteiger partial charge in [0, 0.05) is 13.1 Å². The van der Waals surface area contributed by atoms with Crippen molar-refractivity contribution in [2.24, 2.45) is 5.73 Å². The molecule has 0 aromatic carbocycles. The molecule has 7 nitrogen and oxygen atoms in total. The van der Waals surface area contributed by atoms with Gasteiger partial charge in [-0.05, 0) is 50.9 Å². The first-order valence-electron chi connectivity index (χ1n) is 8.28. The molecule has 126 valence electrons. The van der Waals surface area contributed by atoms with Crippen molar-refractivity contribution < 1.29 is 14.0 Å². The predicted molar refractivity (Wildman–Crippen MR) is 84.6 cm³/mol. The van der Waals surface area contributed by atoms with Gasteiger partial charge in [-0.3, -0.25) is 9.69 Å². The Morgan fingerprint density at radius 3 is 2.74 bits per heavy atom. The van der Waals surface area contributed by atoms with E-state index in [2.05, 4.69) is 10.2 Å². The number of hydrogen-bond acceptors (Lipinski definition) is 4. The third kappa shape index (κ3) is 3.50. The number of nitrogens with one attached hydrogen (secondary N) is 1. The first kappa shape index (κ1) is 15.9. The van der Waals surface area contributed by atoms with Crippen molar-refractivity contribution in [2.45, 2.75) is 37.8 Å². The van der Waals surface area contributed by atoms with Crippen LogP contribution in [0.25, 0.3) is 0 Å². The first-order valence-corrected chi connectivity index (χ1v) is 8.28. The molecule has 0 saturated carbocycles. The molecule has 2 aliphatic rings. The van der Waals surface area contributed by atoms with Crippen molar-refractivity contribution >= 4 is 11.9 Å². The number of rotatable bonds is 5. The number of amides is 3. The lowest BCUT2D eigenvalue weighted by Crippen LogP contribution is -2.49. The first-order chi connectivity index (χ1) is 11.2. The zero-order chi connectivity index (χ0) is 16.2. The fourth-order valence-corrected chi connectivity index (χ4v) is 3.53. The minimum atomic E-state index is -0.483. The van der Waals surface area contributed by atoms with Gasteiger partial charge >= 0.3 is 6.03 Å². The maximum absolute atomic E-state index is 12.4. The fraction of sp³-hybridized carbons (Fsp3) is 0.625. The highest BCUT2D eigenvalue weighted by Gasteiger charge is 2.33. The molecule has 3 amide bonds. The number of carbonyl (C=O) groups excluding carboxylic acids is 2. The van der Waals surface area contributed by atoms with E-state index in [9.17, 15) is 9.59 Å². The largest absolute Gasteiger partial charge is 0.468 e. The van der Waals surface area contributed by atoms with Gasteiger partial charge in [0.25, 0.3) is 0 Å². The van der Waals surface area contributed by atoms with Gasteiger partial charge in [-0.25, -0.2) is 4.79 Å². The Bertz CT molecular complexity index is 540. The second-order valence-electron chi connectivity index (χ2n) is 6.21. The Hall–Kier alpha value is -2.02. The zero-order valence-corrected chi connectivity index (χ0v) is 13.2. The van der Waals surface area contributed by atoms with Crippen LogP contribution in [0.2, 0.25) is 0 Å². The lowest BCUT2D eigenvalue weighted by Gasteiger charge is -2.28. The molecule has 7 heteroatoms. The minimum absolute atomic E-state index is 0.0334. The van der Waals surface area contributed by atoms with Crippen LogP contribution < -0.4 is 11.1 Å². The summed E-state index contributed by atoms with van der Waals surface area (Å²) in [5.74, 6) is 0.430. The number of nitrogens with zero attached hydrogens (tertiary/aromatic N) is 2. The standard InChI is InChI=1S/C16H24N4O3/c17-15(21)12-5-3-9-20(12)16(22)18-11-13(14-6-4-10-23-14)19-7-1-2-8-19/h4,6,10,12-13H,1-3,5,7-9,11H2,(H2,17,21)(H,18,22)/t12-,13+/m0/s1. The number of urea groups is 1. The van der Waals surface area contributed by atoms with Crippen LogP contribution in [0.5, 0.6) is 0 Å². The maximum atomic E-state index is 12.4. The summed E-state index contributed by atoms with van der Waals surface area (Å²) in [5, 5.41) is 2.95. The smallest absolute Gasteiger partial charge is 0.318 e. The molecule has 3 heterocycles. The van der Waals surface area contributed by atoms with Gasteiger partial charge in [0.1, 0.15) is 11.8 Å². The Kier molecular flexibility index (Phi) is 4.85. The van der Waals surface area contributed by atoms with E-state index in [1.807, 2.05) is 12.1 Å². The van der Waals surface area contributed by atoms with Gasteiger partial charge in [-0.1, -0.05) is 0 Å². The summed E-state index contributed by atoms with van der Waals surface area (Å²) in [5.41, 5.74) is 5.37. The quantitative estimate of drug-likeness (QED) is 0.849. The molecule has 23 heavy (non-hydrogen) atoms. The summed E-state index contributed by atoms with van der Waals surface area (Å²) in [6, 6.07) is 3.14. The van der Waals surface area contributed by atoms with Crippen molar-refractivity contribution in [3.05, 3.63) is 24.2 Å². The van der Waals surface area contributed by atoms with Gasteiger partial charge in [-0.2, -0.15) is 0 Å². The number of nitrogens with two attached hydrogens (primary N) is 1. The van der Waals surface area contributed by atoms with Crippen molar-refractivity contribution in [3.8, 4) is 0 Å². The van der Waals surface area contributed by atoms with Gasteiger partial charge in [0.05, 0.1) is 12.3 Å². The highest BCUT2D eigenvalue weighted by Crippen LogP contribution is 2.25. The zero-order valence-electron chi connectivity index (χ0n) is 13.2. The molecule has 2 fully saturated rings. The van der Waals surface area contributed by atoms with Crippen LogP contribution in [-0.2, 0) is 4.79 Å². The topological polar surface area (TPSA) is 91.8 Å². The Morgan fingerprint density at radius 2 is 2.09 bits per heavy atom. The number of primary amides is 1. The normalized spacial score (nSPS) is 23.1. The fourth-order valence-electron chi connectivity index (χ4n) is 3.53. The summed E-state index contributed by atoms with van der Waals surface area (Å²) in [6.45, 7) is 3.06. The van der Waals surface area contributed by atoms with Gasteiger partial charge in [0.15, 0.2) is 0 Å². The summed E-state index contributed by atoms with van der Waals surface area (Å²) in [4.78, 5) is 27.7. The summed E-state index contributed by atoms with van der Waals surface area (Å²) in [7, 11) is 0. The highest BCUT2D eigenvalue weighted by atomic mass is 16.3. The number of carbonyl (C=O) groups is 2. The third-order valence-electron chi connectivity index (χ3n) is 4.74. The molecule has 0 aliphatic carbocycles. The van der Waals surface area contributed by atoms with Crippen LogP contribution in [0.3, 0.4) is 0 Å². The average molecular weight is 320 g/mol. The van der Waals surface area contributed by atoms with Crippen LogP contribution in [-0.4, -0.2) is 54.0 Å². The monoisotopic (exact) mass is 320 g/mol. The van der Waals surface area contributed by atoms with E-state index in [1.54, 1.807) is 11.2 Å². The van der Waals surface area contributed by atoms with Crippen molar-refractivity contribution in [1.82, 2.24) is 15.1 Å². The van der Waals surface area contributed by atoms with Crippen LogP contribution in [0.4, 0.5) is 4.79 Å². The van der Waals surface area contributed by atoms with Gasteiger partial charge in [0.2, 0.25) is 5.91 Å². The van der Waals surface area contributed by atoms with E-state index >= 15 is 0 Å². The molecular weight excluding hydrogens is 296 g/mol. The van der Waals surface area contributed by atoms with Crippen molar-refractivity contribution in [1.29, 1.82) is 0 Å².